The zero-order valence-electron chi connectivity index (χ0n) is 10.0. The van der Waals surface area contributed by atoms with Crippen LogP contribution in [0, 0.1) is 17.1 Å². The summed E-state index contributed by atoms with van der Waals surface area (Å²) >= 11 is 0. The maximum atomic E-state index is 13.5. The van der Waals surface area contributed by atoms with Crippen LogP contribution in [0.4, 0.5) is 15.8 Å². The van der Waals surface area contributed by atoms with Crippen molar-refractivity contribution >= 4 is 21.4 Å². The number of sulfonamides is 1. The molecule has 0 atom stereocenters. The van der Waals surface area contributed by atoms with Gasteiger partial charge in [-0.15, -0.1) is 0 Å². The van der Waals surface area contributed by atoms with Crippen LogP contribution < -0.4 is 10.5 Å². The van der Waals surface area contributed by atoms with Crippen LogP contribution in [0.3, 0.4) is 0 Å². The first-order valence-corrected chi connectivity index (χ1v) is 6.85. The van der Waals surface area contributed by atoms with Crippen molar-refractivity contribution in [2.24, 2.45) is 0 Å². The zero-order valence-corrected chi connectivity index (χ0v) is 10.9. The number of nitrogens with zero attached hydrogens (tertiary/aromatic N) is 2. The molecule has 0 bridgehead atoms. The van der Waals surface area contributed by atoms with Gasteiger partial charge in [0.2, 0.25) is 0 Å². The van der Waals surface area contributed by atoms with Gasteiger partial charge in [-0.3, -0.25) is 4.72 Å². The van der Waals surface area contributed by atoms with E-state index in [4.69, 9.17) is 11.0 Å². The molecule has 102 valence electrons. The number of nitrogen functional groups attached to an aromatic ring is 1. The van der Waals surface area contributed by atoms with E-state index in [0.717, 1.165) is 12.3 Å². The minimum absolute atomic E-state index is 0.0825. The third-order valence-electron chi connectivity index (χ3n) is 2.40. The van der Waals surface area contributed by atoms with Crippen LogP contribution in [0.15, 0.2) is 41.4 Å². The Bertz CT molecular complexity index is 782. The number of halogens is 1. The van der Waals surface area contributed by atoms with Crippen molar-refractivity contribution in [2.75, 3.05) is 10.5 Å². The molecular weight excluding hydrogens is 283 g/mol. The molecule has 0 aliphatic heterocycles. The molecule has 0 amide bonds. The van der Waals surface area contributed by atoms with Gasteiger partial charge in [0, 0.05) is 11.9 Å². The first kappa shape index (κ1) is 13.8. The molecule has 0 aliphatic rings. The molecular formula is C12H9FN4O2S. The van der Waals surface area contributed by atoms with Crippen molar-refractivity contribution < 1.29 is 12.8 Å². The molecule has 0 saturated heterocycles. The topological polar surface area (TPSA) is 109 Å². The van der Waals surface area contributed by atoms with E-state index in [2.05, 4.69) is 9.71 Å². The highest BCUT2D eigenvalue weighted by atomic mass is 32.2. The number of anilines is 2. The summed E-state index contributed by atoms with van der Waals surface area (Å²) in [5.41, 5.74) is 5.52. The summed E-state index contributed by atoms with van der Waals surface area (Å²) in [5.74, 6) is -0.746. The average molecular weight is 292 g/mol. The van der Waals surface area contributed by atoms with Crippen molar-refractivity contribution in [3.8, 4) is 6.07 Å². The van der Waals surface area contributed by atoms with Gasteiger partial charge in [0.15, 0.2) is 0 Å². The van der Waals surface area contributed by atoms with Gasteiger partial charge < -0.3 is 5.73 Å². The Balaban J connectivity index is 2.35. The predicted octanol–water partition coefficient (Wildman–Crippen LogP) is 1.48. The molecule has 1 aromatic carbocycles. The van der Waals surface area contributed by atoms with Gasteiger partial charge in [0.25, 0.3) is 10.0 Å². The fourth-order valence-electron chi connectivity index (χ4n) is 1.43. The lowest BCUT2D eigenvalue weighted by Gasteiger charge is -2.09. The standard InChI is InChI=1S/C12H9FN4O2S/c13-11-4-1-8(15)5-12(11)17-20(18,19)10-3-2-9(6-14)16-7-10/h1-5,7,17H,15H2. The van der Waals surface area contributed by atoms with Crippen LogP contribution in [0.25, 0.3) is 0 Å². The lowest BCUT2D eigenvalue weighted by Crippen LogP contribution is -2.14. The largest absolute Gasteiger partial charge is 0.399 e. The molecule has 0 spiro atoms. The molecule has 0 fully saturated rings. The van der Waals surface area contributed by atoms with Crippen molar-refractivity contribution in [2.45, 2.75) is 4.90 Å². The van der Waals surface area contributed by atoms with Gasteiger partial charge in [0.05, 0.1) is 5.69 Å². The van der Waals surface area contributed by atoms with Gasteiger partial charge in [0.1, 0.15) is 22.5 Å². The number of pyridine rings is 1. The van der Waals surface area contributed by atoms with Gasteiger partial charge in [-0.1, -0.05) is 0 Å². The van der Waals surface area contributed by atoms with E-state index in [1.165, 1.54) is 24.3 Å². The van der Waals surface area contributed by atoms with Crippen LogP contribution in [0.2, 0.25) is 0 Å². The van der Waals surface area contributed by atoms with Crippen LogP contribution in [-0.2, 0) is 10.0 Å². The number of nitrogens with one attached hydrogen (secondary N) is 1. The Morgan fingerprint density at radius 2 is 2.05 bits per heavy atom. The van der Waals surface area contributed by atoms with Gasteiger partial charge in [-0.05, 0) is 30.3 Å². The summed E-state index contributed by atoms with van der Waals surface area (Å²) in [7, 11) is -4.00. The number of hydrogen-bond acceptors (Lipinski definition) is 5. The van der Waals surface area contributed by atoms with Gasteiger partial charge in [-0.25, -0.2) is 17.8 Å². The van der Waals surface area contributed by atoms with Crippen molar-refractivity contribution in [3.63, 3.8) is 0 Å². The molecule has 8 heteroatoms. The second-order valence-corrected chi connectivity index (χ2v) is 5.52. The summed E-state index contributed by atoms with van der Waals surface area (Å²) in [6.45, 7) is 0. The number of nitriles is 1. The Kier molecular flexibility index (Phi) is 3.54. The summed E-state index contributed by atoms with van der Waals surface area (Å²) < 4.78 is 39.6. The van der Waals surface area contributed by atoms with E-state index in [9.17, 15) is 12.8 Å². The van der Waals surface area contributed by atoms with Crippen molar-refractivity contribution in [1.82, 2.24) is 4.98 Å². The molecule has 2 aromatic rings. The number of aromatic nitrogens is 1. The molecule has 1 aromatic heterocycles. The highest BCUT2D eigenvalue weighted by Gasteiger charge is 2.17. The number of nitrogens with two attached hydrogens (primary N) is 1. The van der Waals surface area contributed by atoms with Gasteiger partial charge >= 0.3 is 0 Å². The van der Waals surface area contributed by atoms with E-state index in [-0.39, 0.29) is 22.0 Å². The molecule has 0 saturated carbocycles. The summed E-state index contributed by atoms with van der Waals surface area (Å²) in [4.78, 5) is 3.46. The first-order chi connectivity index (χ1) is 9.42. The van der Waals surface area contributed by atoms with E-state index in [0.29, 0.717) is 0 Å². The molecule has 0 unspecified atom stereocenters. The summed E-state index contributed by atoms with van der Waals surface area (Å²) in [6.07, 6.45) is 1.02. The van der Waals surface area contributed by atoms with Crippen molar-refractivity contribution in [1.29, 1.82) is 5.26 Å². The number of rotatable bonds is 3. The molecule has 20 heavy (non-hydrogen) atoms. The van der Waals surface area contributed by atoms with Crippen LogP contribution in [-0.4, -0.2) is 13.4 Å². The van der Waals surface area contributed by atoms with E-state index in [1.54, 1.807) is 6.07 Å². The minimum Gasteiger partial charge on any atom is -0.399 e. The second-order valence-electron chi connectivity index (χ2n) is 3.84. The quantitative estimate of drug-likeness (QED) is 0.833. The number of benzene rings is 1. The number of hydrogen-bond donors (Lipinski definition) is 2. The van der Waals surface area contributed by atoms with Gasteiger partial charge in [-0.2, -0.15) is 5.26 Å². The molecule has 3 N–H and O–H groups in total. The maximum Gasteiger partial charge on any atom is 0.263 e. The Morgan fingerprint density at radius 1 is 1.30 bits per heavy atom. The molecule has 1 heterocycles. The monoisotopic (exact) mass is 292 g/mol. The second kappa shape index (κ2) is 5.14. The third-order valence-corrected chi connectivity index (χ3v) is 3.75. The smallest absolute Gasteiger partial charge is 0.263 e. The average Bonchev–Trinajstić information content (AvgIpc) is 2.43. The molecule has 0 radical (unpaired) electrons. The van der Waals surface area contributed by atoms with Crippen molar-refractivity contribution in [3.05, 3.63) is 48.0 Å². The Labute approximate surface area is 114 Å². The highest BCUT2D eigenvalue weighted by Crippen LogP contribution is 2.21. The van der Waals surface area contributed by atoms with E-state index < -0.39 is 15.8 Å². The normalized spacial score (nSPS) is 10.8. The SMILES string of the molecule is N#Cc1ccc(S(=O)(=O)Nc2cc(N)ccc2F)cn1. The third kappa shape index (κ3) is 2.84. The minimum atomic E-state index is -4.00. The van der Waals surface area contributed by atoms with E-state index >= 15 is 0 Å². The molecule has 0 aliphatic carbocycles. The first-order valence-electron chi connectivity index (χ1n) is 5.36. The summed E-state index contributed by atoms with van der Waals surface area (Å²) in [5, 5.41) is 8.59. The lowest BCUT2D eigenvalue weighted by molar-refractivity contribution is 0.598. The summed E-state index contributed by atoms with van der Waals surface area (Å²) in [6, 6.07) is 7.78. The lowest BCUT2D eigenvalue weighted by atomic mass is 10.3. The fourth-order valence-corrected chi connectivity index (χ4v) is 2.43. The predicted molar refractivity (Wildman–Crippen MR) is 70.6 cm³/mol. The molecule has 2 rings (SSSR count). The Morgan fingerprint density at radius 3 is 2.65 bits per heavy atom. The Hall–Kier alpha value is -2.66. The van der Waals surface area contributed by atoms with Crippen LogP contribution in [0.1, 0.15) is 5.69 Å². The van der Waals surface area contributed by atoms with Crippen LogP contribution in [0.5, 0.6) is 0 Å². The van der Waals surface area contributed by atoms with E-state index in [1.807, 2.05) is 0 Å². The zero-order chi connectivity index (χ0) is 14.8. The van der Waals surface area contributed by atoms with Crippen LogP contribution >= 0.6 is 0 Å². The maximum absolute atomic E-state index is 13.5. The molecule has 6 nitrogen and oxygen atoms in total. The highest BCUT2D eigenvalue weighted by molar-refractivity contribution is 7.92. The fraction of sp³-hybridized carbons (Fsp3) is 0.